The monoisotopic (exact) mass is 251 g/mol. The highest BCUT2D eigenvalue weighted by Gasteiger charge is 2.28. The first kappa shape index (κ1) is 11.5. The van der Waals surface area contributed by atoms with Crippen molar-refractivity contribution in [2.24, 2.45) is 0 Å². The van der Waals surface area contributed by atoms with Crippen molar-refractivity contribution in [3.8, 4) is 0 Å². The van der Waals surface area contributed by atoms with E-state index < -0.39 is 0 Å². The molecule has 1 aliphatic carbocycles. The minimum absolute atomic E-state index is 0.765. The Balaban J connectivity index is 1.67. The van der Waals surface area contributed by atoms with Crippen LogP contribution < -0.4 is 0 Å². The van der Waals surface area contributed by atoms with E-state index in [2.05, 4.69) is 41.3 Å². The summed E-state index contributed by atoms with van der Waals surface area (Å²) in [7, 11) is 0. The predicted octanol–water partition coefficient (Wildman–Crippen LogP) is 3.79. The zero-order chi connectivity index (χ0) is 12.7. The molecule has 2 aliphatic rings. The van der Waals surface area contributed by atoms with Crippen molar-refractivity contribution in [1.82, 2.24) is 4.90 Å². The molecule has 4 rings (SSSR count). The fraction of sp³-hybridized carbons (Fsp3) is 0.444. The van der Waals surface area contributed by atoms with Crippen LogP contribution in [-0.4, -0.2) is 24.0 Å². The normalized spacial score (nSPS) is 23.7. The van der Waals surface area contributed by atoms with E-state index in [1.807, 2.05) is 0 Å². The van der Waals surface area contributed by atoms with Crippen molar-refractivity contribution in [2.45, 2.75) is 38.1 Å². The Kier molecular flexibility index (Phi) is 2.81. The topological polar surface area (TPSA) is 3.24 Å². The molecule has 1 heterocycles. The van der Waals surface area contributed by atoms with E-state index in [4.69, 9.17) is 0 Å². The third kappa shape index (κ3) is 1.97. The molecule has 0 unspecified atom stereocenters. The Bertz CT molecular complexity index is 596. The minimum atomic E-state index is 0.765. The number of fused-ring (bicyclic) bond motifs is 3. The van der Waals surface area contributed by atoms with Gasteiger partial charge in [0.05, 0.1) is 0 Å². The predicted molar refractivity (Wildman–Crippen MR) is 80.6 cm³/mol. The van der Waals surface area contributed by atoms with Gasteiger partial charge in [0, 0.05) is 6.04 Å². The zero-order valence-electron chi connectivity index (χ0n) is 11.4. The van der Waals surface area contributed by atoms with Crippen molar-refractivity contribution in [2.75, 3.05) is 13.1 Å². The second kappa shape index (κ2) is 4.64. The van der Waals surface area contributed by atoms with E-state index in [0.29, 0.717) is 0 Å². The van der Waals surface area contributed by atoms with Crippen molar-refractivity contribution in [3.63, 3.8) is 0 Å². The second-order valence-corrected chi connectivity index (χ2v) is 6.08. The molecule has 1 fully saturated rings. The summed E-state index contributed by atoms with van der Waals surface area (Å²) in [5.41, 5.74) is 3.21. The molecule has 19 heavy (non-hydrogen) atoms. The van der Waals surface area contributed by atoms with E-state index in [-0.39, 0.29) is 0 Å². The lowest BCUT2D eigenvalue weighted by atomic mass is 10.0. The summed E-state index contributed by atoms with van der Waals surface area (Å²) in [6.07, 6.45) is 6.75. The Labute approximate surface area is 115 Å². The maximum atomic E-state index is 2.73. The third-order valence-electron chi connectivity index (χ3n) is 4.94. The Morgan fingerprint density at radius 1 is 0.842 bits per heavy atom. The quantitative estimate of drug-likeness (QED) is 0.745. The van der Waals surface area contributed by atoms with Gasteiger partial charge in [-0.05, 0) is 60.7 Å². The molecule has 1 atom stereocenters. The number of hydrogen-bond acceptors (Lipinski definition) is 1. The van der Waals surface area contributed by atoms with E-state index in [1.54, 1.807) is 11.1 Å². The van der Waals surface area contributed by atoms with Gasteiger partial charge in [-0.15, -0.1) is 0 Å². The van der Waals surface area contributed by atoms with Crippen molar-refractivity contribution >= 4 is 10.8 Å². The summed E-state index contributed by atoms with van der Waals surface area (Å²) < 4.78 is 0. The summed E-state index contributed by atoms with van der Waals surface area (Å²) in [6, 6.07) is 14.3. The van der Waals surface area contributed by atoms with Crippen LogP contribution in [0.4, 0.5) is 0 Å². The van der Waals surface area contributed by atoms with Crippen molar-refractivity contribution in [1.29, 1.82) is 0 Å². The van der Waals surface area contributed by atoms with Gasteiger partial charge >= 0.3 is 0 Å². The molecule has 0 radical (unpaired) electrons. The molecular formula is C18H21N. The van der Waals surface area contributed by atoms with Crippen LogP contribution >= 0.6 is 0 Å². The number of likely N-dealkylation sites (tertiary alicyclic amines) is 1. The van der Waals surface area contributed by atoms with E-state index in [0.717, 1.165) is 6.04 Å². The lowest BCUT2D eigenvalue weighted by molar-refractivity contribution is 0.168. The van der Waals surface area contributed by atoms with Gasteiger partial charge in [-0.3, -0.25) is 4.90 Å². The maximum Gasteiger partial charge on any atom is 0.0176 e. The highest BCUT2D eigenvalue weighted by Crippen LogP contribution is 2.32. The molecule has 98 valence electrons. The Morgan fingerprint density at radius 2 is 1.68 bits per heavy atom. The maximum absolute atomic E-state index is 2.73. The molecule has 1 nitrogen and oxygen atoms in total. The summed E-state index contributed by atoms with van der Waals surface area (Å²) in [5.74, 6) is 0. The smallest absolute Gasteiger partial charge is 0.0176 e. The highest BCUT2D eigenvalue weighted by molar-refractivity contribution is 5.87. The number of rotatable bonds is 1. The Hall–Kier alpha value is -1.34. The van der Waals surface area contributed by atoms with Crippen LogP contribution in [-0.2, 0) is 12.8 Å². The fourth-order valence-electron chi connectivity index (χ4n) is 3.92. The van der Waals surface area contributed by atoms with Crippen LogP contribution in [0.15, 0.2) is 36.4 Å². The largest absolute Gasteiger partial charge is 0.300 e. The number of nitrogens with zero attached hydrogens (tertiary/aromatic N) is 1. The number of hydrogen-bond donors (Lipinski definition) is 0. The molecule has 0 amide bonds. The lowest BCUT2D eigenvalue weighted by Crippen LogP contribution is -2.39. The molecule has 2 aromatic carbocycles. The van der Waals surface area contributed by atoms with Crippen molar-refractivity contribution < 1.29 is 0 Å². The molecular weight excluding hydrogens is 230 g/mol. The van der Waals surface area contributed by atoms with E-state index in [9.17, 15) is 0 Å². The van der Waals surface area contributed by atoms with Crippen LogP contribution in [0.25, 0.3) is 10.8 Å². The van der Waals surface area contributed by atoms with Gasteiger partial charge in [-0.1, -0.05) is 42.8 Å². The van der Waals surface area contributed by atoms with Crippen LogP contribution in [0, 0.1) is 0 Å². The molecule has 0 spiro atoms. The van der Waals surface area contributed by atoms with E-state index >= 15 is 0 Å². The zero-order valence-corrected chi connectivity index (χ0v) is 11.4. The standard InChI is InChI=1S/C18H21N/c1-4-10-19(11-5-1)16-12-15-9-8-14-6-2-3-7-17(14)18(15)13-16/h2-3,6-9,16H,1,4-5,10-13H2/t16-/m1/s1. The molecule has 1 saturated heterocycles. The first-order valence-electron chi connectivity index (χ1n) is 7.65. The molecule has 2 aromatic rings. The average Bonchev–Trinajstić information content (AvgIpc) is 2.93. The third-order valence-corrected chi connectivity index (χ3v) is 4.94. The van der Waals surface area contributed by atoms with Gasteiger partial charge in [0.15, 0.2) is 0 Å². The first-order chi connectivity index (χ1) is 9.42. The van der Waals surface area contributed by atoms with Gasteiger partial charge < -0.3 is 0 Å². The summed E-state index contributed by atoms with van der Waals surface area (Å²) in [6.45, 7) is 2.63. The summed E-state index contributed by atoms with van der Waals surface area (Å²) >= 11 is 0. The van der Waals surface area contributed by atoms with Gasteiger partial charge in [-0.2, -0.15) is 0 Å². The van der Waals surface area contributed by atoms with Crippen LogP contribution in [0.5, 0.6) is 0 Å². The molecule has 0 aromatic heterocycles. The van der Waals surface area contributed by atoms with Crippen LogP contribution in [0.2, 0.25) is 0 Å². The fourth-order valence-corrected chi connectivity index (χ4v) is 3.92. The summed E-state index contributed by atoms with van der Waals surface area (Å²) in [5, 5.41) is 2.89. The first-order valence-corrected chi connectivity index (χ1v) is 7.65. The van der Waals surface area contributed by atoms with Gasteiger partial charge in [0.1, 0.15) is 0 Å². The average molecular weight is 251 g/mol. The van der Waals surface area contributed by atoms with Gasteiger partial charge in [0.2, 0.25) is 0 Å². The molecule has 0 N–H and O–H groups in total. The SMILES string of the molecule is c1ccc2c3c(ccc2c1)C[C@@H](N1CCCCC1)C3. The van der Waals surface area contributed by atoms with Gasteiger partial charge in [0.25, 0.3) is 0 Å². The van der Waals surface area contributed by atoms with E-state index in [1.165, 1.54) is 56.0 Å². The summed E-state index contributed by atoms with van der Waals surface area (Å²) in [4.78, 5) is 2.73. The van der Waals surface area contributed by atoms with Crippen LogP contribution in [0.3, 0.4) is 0 Å². The number of piperidine rings is 1. The van der Waals surface area contributed by atoms with Gasteiger partial charge in [-0.25, -0.2) is 0 Å². The second-order valence-electron chi connectivity index (χ2n) is 6.08. The van der Waals surface area contributed by atoms with Crippen LogP contribution in [0.1, 0.15) is 30.4 Å². The van der Waals surface area contributed by atoms with Crippen molar-refractivity contribution in [3.05, 3.63) is 47.5 Å². The minimum Gasteiger partial charge on any atom is -0.300 e. The lowest BCUT2D eigenvalue weighted by Gasteiger charge is -2.32. The molecule has 0 bridgehead atoms. The highest BCUT2D eigenvalue weighted by atomic mass is 15.2. The molecule has 0 saturated carbocycles. The Morgan fingerprint density at radius 3 is 2.58 bits per heavy atom. The molecule has 1 heteroatoms. The number of benzene rings is 2. The molecule has 1 aliphatic heterocycles.